The molecule has 1 aliphatic rings. The van der Waals surface area contributed by atoms with Crippen molar-refractivity contribution in [2.24, 2.45) is 0 Å². The Morgan fingerprint density at radius 2 is 1.65 bits per heavy atom. The molecule has 1 amide bonds. The van der Waals surface area contributed by atoms with Gasteiger partial charge in [0.1, 0.15) is 5.75 Å². The van der Waals surface area contributed by atoms with Gasteiger partial charge in [-0.2, -0.15) is 0 Å². The summed E-state index contributed by atoms with van der Waals surface area (Å²) in [6.45, 7) is 2.73. The van der Waals surface area contributed by atoms with Crippen molar-refractivity contribution in [2.75, 3.05) is 13.2 Å². The SMILES string of the molecule is C/C(=C\c1ccccc1)CN(C(=O)COc1ccccc1)C1CCCc2ccccc21. The van der Waals surface area contributed by atoms with Gasteiger partial charge in [-0.25, -0.2) is 0 Å². The lowest BCUT2D eigenvalue weighted by molar-refractivity contribution is -0.135. The third-order valence-electron chi connectivity index (χ3n) is 5.77. The fourth-order valence-corrected chi connectivity index (χ4v) is 4.32. The van der Waals surface area contributed by atoms with Crippen LogP contribution in [-0.4, -0.2) is 24.0 Å². The topological polar surface area (TPSA) is 29.5 Å². The minimum absolute atomic E-state index is 0.0198. The Morgan fingerprint density at radius 3 is 2.42 bits per heavy atom. The van der Waals surface area contributed by atoms with E-state index >= 15 is 0 Å². The molecule has 0 heterocycles. The van der Waals surface area contributed by atoms with Crippen LogP contribution >= 0.6 is 0 Å². The average Bonchev–Trinajstić information content (AvgIpc) is 2.82. The minimum atomic E-state index is 0.0198. The van der Waals surface area contributed by atoms with Crippen LogP contribution in [0.2, 0.25) is 0 Å². The molecular weight excluding hydrogens is 382 g/mol. The van der Waals surface area contributed by atoms with E-state index < -0.39 is 0 Å². The molecule has 3 aromatic carbocycles. The number of carbonyl (C=O) groups excluding carboxylic acids is 1. The van der Waals surface area contributed by atoms with Gasteiger partial charge in [-0.3, -0.25) is 4.79 Å². The summed E-state index contributed by atoms with van der Waals surface area (Å²) in [5.74, 6) is 0.739. The Morgan fingerprint density at radius 1 is 0.968 bits per heavy atom. The molecule has 0 fully saturated rings. The zero-order valence-electron chi connectivity index (χ0n) is 18.0. The fourth-order valence-electron chi connectivity index (χ4n) is 4.32. The number of hydrogen-bond acceptors (Lipinski definition) is 2. The van der Waals surface area contributed by atoms with Crippen molar-refractivity contribution in [1.29, 1.82) is 0 Å². The third-order valence-corrected chi connectivity index (χ3v) is 5.77. The van der Waals surface area contributed by atoms with E-state index in [2.05, 4.69) is 49.4 Å². The highest BCUT2D eigenvalue weighted by Gasteiger charge is 2.29. The summed E-state index contributed by atoms with van der Waals surface area (Å²) in [6.07, 6.45) is 5.31. The van der Waals surface area contributed by atoms with Crippen molar-refractivity contribution in [3.63, 3.8) is 0 Å². The van der Waals surface area contributed by atoms with Gasteiger partial charge in [-0.1, -0.05) is 84.4 Å². The summed E-state index contributed by atoms with van der Waals surface area (Å²) in [5.41, 5.74) is 4.93. The van der Waals surface area contributed by atoms with Crippen LogP contribution in [0.4, 0.5) is 0 Å². The molecule has 4 rings (SSSR count). The number of hydrogen-bond donors (Lipinski definition) is 0. The Labute approximate surface area is 185 Å². The molecule has 3 heteroatoms. The average molecular weight is 412 g/mol. The summed E-state index contributed by atoms with van der Waals surface area (Å²) < 4.78 is 5.82. The van der Waals surface area contributed by atoms with Gasteiger partial charge in [-0.05, 0) is 55.0 Å². The third kappa shape index (κ3) is 5.43. The van der Waals surface area contributed by atoms with Gasteiger partial charge >= 0.3 is 0 Å². The van der Waals surface area contributed by atoms with Crippen LogP contribution in [0.3, 0.4) is 0 Å². The van der Waals surface area contributed by atoms with Crippen molar-refractivity contribution in [1.82, 2.24) is 4.90 Å². The highest BCUT2D eigenvalue weighted by Crippen LogP contribution is 2.35. The van der Waals surface area contributed by atoms with Gasteiger partial charge in [0.25, 0.3) is 5.91 Å². The van der Waals surface area contributed by atoms with Crippen LogP contribution in [0.15, 0.2) is 90.5 Å². The smallest absolute Gasteiger partial charge is 0.261 e. The summed E-state index contributed by atoms with van der Waals surface area (Å²) in [7, 11) is 0. The van der Waals surface area contributed by atoms with E-state index in [1.54, 1.807) is 0 Å². The molecule has 0 saturated heterocycles. The van der Waals surface area contributed by atoms with Crippen LogP contribution in [0.25, 0.3) is 6.08 Å². The van der Waals surface area contributed by atoms with Gasteiger partial charge < -0.3 is 9.64 Å². The van der Waals surface area contributed by atoms with E-state index in [9.17, 15) is 4.79 Å². The minimum Gasteiger partial charge on any atom is -0.484 e. The van der Waals surface area contributed by atoms with Crippen molar-refractivity contribution >= 4 is 12.0 Å². The maximum absolute atomic E-state index is 13.4. The standard InChI is InChI=1S/C28H29NO2/c1-22(19-23-11-4-2-5-12-23)20-29(28(30)21-31-25-15-6-3-7-16-25)27-18-10-14-24-13-8-9-17-26(24)27/h2-9,11-13,15-17,19,27H,10,14,18,20-21H2,1H3/b22-19+. The van der Waals surface area contributed by atoms with Crippen LogP contribution in [0.5, 0.6) is 5.75 Å². The van der Waals surface area contributed by atoms with E-state index in [0.29, 0.717) is 6.54 Å². The number of nitrogens with zero attached hydrogens (tertiary/aromatic N) is 1. The number of fused-ring (bicyclic) bond motifs is 1. The molecule has 0 saturated carbocycles. The second-order valence-corrected chi connectivity index (χ2v) is 8.13. The lowest BCUT2D eigenvalue weighted by atomic mass is 9.86. The monoisotopic (exact) mass is 411 g/mol. The number of aryl methyl sites for hydroxylation is 1. The van der Waals surface area contributed by atoms with Crippen LogP contribution in [0.1, 0.15) is 42.5 Å². The second-order valence-electron chi connectivity index (χ2n) is 8.13. The number of amides is 1. The molecular formula is C28H29NO2. The van der Waals surface area contributed by atoms with E-state index in [0.717, 1.165) is 36.1 Å². The zero-order chi connectivity index (χ0) is 21.5. The van der Waals surface area contributed by atoms with Crippen molar-refractivity contribution in [2.45, 2.75) is 32.2 Å². The molecule has 0 N–H and O–H groups in total. The molecule has 1 aliphatic carbocycles. The van der Waals surface area contributed by atoms with E-state index in [-0.39, 0.29) is 18.6 Å². The van der Waals surface area contributed by atoms with Gasteiger partial charge in [0.2, 0.25) is 0 Å². The largest absolute Gasteiger partial charge is 0.484 e. The maximum Gasteiger partial charge on any atom is 0.261 e. The number of ether oxygens (including phenoxy) is 1. The predicted octanol–water partition coefficient (Wildman–Crippen LogP) is 6.08. The molecule has 0 aromatic heterocycles. The number of rotatable bonds is 7. The van der Waals surface area contributed by atoms with E-state index in [1.165, 1.54) is 11.1 Å². The summed E-state index contributed by atoms with van der Waals surface area (Å²) in [4.78, 5) is 15.4. The summed E-state index contributed by atoms with van der Waals surface area (Å²) >= 11 is 0. The molecule has 0 spiro atoms. The molecule has 0 radical (unpaired) electrons. The first-order chi connectivity index (χ1) is 15.2. The first kappa shape index (κ1) is 20.9. The molecule has 0 bridgehead atoms. The Bertz CT molecular complexity index is 1030. The van der Waals surface area contributed by atoms with Crippen LogP contribution < -0.4 is 4.74 Å². The Balaban J connectivity index is 1.57. The van der Waals surface area contributed by atoms with Gasteiger partial charge in [-0.15, -0.1) is 0 Å². The lowest BCUT2D eigenvalue weighted by Gasteiger charge is -2.36. The van der Waals surface area contributed by atoms with Gasteiger partial charge in [0.05, 0.1) is 6.04 Å². The van der Waals surface area contributed by atoms with E-state index in [4.69, 9.17) is 4.74 Å². The zero-order valence-corrected chi connectivity index (χ0v) is 18.0. The predicted molar refractivity (Wildman–Crippen MR) is 126 cm³/mol. The summed E-state index contributed by atoms with van der Waals surface area (Å²) in [5, 5.41) is 0. The van der Waals surface area contributed by atoms with Crippen molar-refractivity contribution in [3.8, 4) is 5.75 Å². The number of carbonyl (C=O) groups is 1. The fraction of sp³-hybridized carbons (Fsp3) is 0.250. The molecule has 1 unspecified atom stereocenters. The lowest BCUT2D eigenvalue weighted by Crippen LogP contribution is -2.40. The molecule has 0 aliphatic heterocycles. The quantitative estimate of drug-likeness (QED) is 0.472. The first-order valence-electron chi connectivity index (χ1n) is 11.0. The molecule has 31 heavy (non-hydrogen) atoms. The van der Waals surface area contributed by atoms with Crippen LogP contribution in [0, 0.1) is 0 Å². The maximum atomic E-state index is 13.4. The highest BCUT2D eigenvalue weighted by molar-refractivity contribution is 5.79. The highest BCUT2D eigenvalue weighted by atomic mass is 16.5. The second kappa shape index (κ2) is 10.1. The normalized spacial score (nSPS) is 15.8. The van der Waals surface area contributed by atoms with Crippen LogP contribution in [-0.2, 0) is 11.2 Å². The van der Waals surface area contributed by atoms with Crippen molar-refractivity contribution < 1.29 is 9.53 Å². The number of benzene rings is 3. The number of para-hydroxylation sites is 1. The van der Waals surface area contributed by atoms with E-state index in [1.807, 2.05) is 53.4 Å². The van der Waals surface area contributed by atoms with Gasteiger partial charge in [0, 0.05) is 6.54 Å². The summed E-state index contributed by atoms with van der Waals surface area (Å²) in [6, 6.07) is 28.4. The van der Waals surface area contributed by atoms with Crippen molar-refractivity contribution in [3.05, 3.63) is 107 Å². The molecule has 158 valence electrons. The molecule has 3 nitrogen and oxygen atoms in total. The van der Waals surface area contributed by atoms with Gasteiger partial charge in [0.15, 0.2) is 6.61 Å². The molecule has 3 aromatic rings. The Kier molecular flexibility index (Phi) is 6.83. The Hall–Kier alpha value is -3.33. The molecule has 1 atom stereocenters. The first-order valence-corrected chi connectivity index (χ1v) is 11.0.